The molecule has 1 aromatic heterocycles. The molecule has 8 nitrogen and oxygen atoms in total. The number of rotatable bonds is 6. The number of benzene rings is 2. The van der Waals surface area contributed by atoms with Crippen LogP contribution in [0.1, 0.15) is 21.7 Å². The van der Waals surface area contributed by atoms with Crippen LogP contribution >= 0.6 is 12.2 Å². The van der Waals surface area contributed by atoms with E-state index in [2.05, 4.69) is 20.2 Å². The summed E-state index contributed by atoms with van der Waals surface area (Å²) in [5.74, 6) is 0.143. The van der Waals surface area contributed by atoms with Gasteiger partial charge in [-0.2, -0.15) is 5.10 Å². The van der Waals surface area contributed by atoms with Gasteiger partial charge in [-0.05, 0) is 55.0 Å². The number of H-pyrrole nitrogens is 1. The van der Waals surface area contributed by atoms with E-state index in [-0.39, 0.29) is 17.0 Å². The monoisotopic (exact) mass is 417 g/mol. The highest BCUT2D eigenvalue weighted by molar-refractivity contribution is 7.92. The molecule has 3 N–H and O–H groups in total. The molecule has 0 fully saturated rings. The van der Waals surface area contributed by atoms with Crippen molar-refractivity contribution in [3.8, 4) is 0 Å². The summed E-state index contributed by atoms with van der Waals surface area (Å²) in [6, 6.07) is 12.9. The van der Waals surface area contributed by atoms with Crippen LogP contribution in [0.4, 0.5) is 5.69 Å². The Kier molecular flexibility index (Phi) is 5.61. The summed E-state index contributed by atoms with van der Waals surface area (Å²) >= 11 is 5.03. The van der Waals surface area contributed by atoms with Gasteiger partial charge in [-0.15, -0.1) is 0 Å². The number of aryl methyl sites for hydroxylation is 1. The predicted octanol–water partition coefficient (Wildman–Crippen LogP) is 2.52. The largest absolute Gasteiger partial charge is 0.345 e. The molecule has 0 atom stereocenters. The number of nitrogens with zero attached hydrogens (tertiary/aromatic N) is 2. The standard InChI is InChI=1S/C18H19N5O3S2/c1-12-5-3-7-14(9-12)22-28(25,26)15-8-4-6-13(10-15)17(24)19-11-16-20-21-18(27)23(16)2/h3-10,22H,11H2,1-2H3,(H,19,24)(H,21,27). The number of aromatic amines is 1. The maximum absolute atomic E-state index is 12.6. The molecule has 0 saturated heterocycles. The fourth-order valence-corrected chi connectivity index (χ4v) is 3.77. The second kappa shape index (κ2) is 7.95. The highest BCUT2D eigenvalue weighted by Crippen LogP contribution is 2.18. The zero-order valence-corrected chi connectivity index (χ0v) is 16.9. The molecule has 1 heterocycles. The van der Waals surface area contributed by atoms with Gasteiger partial charge in [-0.25, -0.2) is 8.42 Å². The molecule has 10 heteroatoms. The van der Waals surface area contributed by atoms with E-state index in [1.807, 2.05) is 13.0 Å². The van der Waals surface area contributed by atoms with E-state index in [9.17, 15) is 13.2 Å². The number of nitrogens with one attached hydrogen (secondary N) is 3. The summed E-state index contributed by atoms with van der Waals surface area (Å²) in [5.41, 5.74) is 1.62. The van der Waals surface area contributed by atoms with Gasteiger partial charge >= 0.3 is 0 Å². The Balaban J connectivity index is 1.76. The number of carbonyl (C=O) groups excluding carboxylic acids is 1. The Morgan fingerprint density at radius 1 is 1.21 bits per heavy atom. The summed E-state index contributed by atoms with van der Waals surface area (Å²) in [4.78, 5) is 12.4. The van der Waals surface area contributed by atoms with Crippen molar-refractivity contribution in [2.24, 2.45) is 7.05 Å². The van der Waals surface area contributed by atoms with Crippen LogP contribution in [0.5, 0.6) is 0 Å². The Labute approximate surface area is 167 Å². The number of anilines is 1. The molecule has 0 aliphatic rings. The summed E-state index contributed by atoms with van der Waals surface area (Å²) in [7, 11) is -2.09. The van der Waals surface area contributed by atoms with Gasteiger partial charge in [0, 0.05) is 18.3 Å². The minimum atomic E-state index is -3.82. The summed E-state index contributed by atoms with van der Waals surface area (Å²) < 4.78 is 29.9. The van der Waals surface area contributed by atoms with Crippen molar-refractivity contribution in [3.63, 3.8) is 0 Å². The first-order valence-corrected chi connectivity index (χ1v) is 10.2. The number of amides is 1. The lowest BCUT2D eigenvalue weighted by atomic mass is 10.2. The molecule has 28 heavy (non-hydrogen) atoms. The van der Waals surface area contributed by atoms with E-state index in [0.29, 0.717) is 16.3 Å². The fourth-order valence-electron chi connectivity index (χ4n) is 2.53. The smallest absolute Gasteiger partial charge is 0.261 e. The molecule has 0 aliphatic heterocycles. The quantitative estimate of drug-likeness (QED) is 0.534. The van der Waals surface area contributed by atoms with Crippen molar-refractivity contribution in [1.29, 1.82) is 0 Å². The average molecular weight is 418 g/mol. The van der Waals surface area contributed by atoms with E-state index >= 15 is 0 Å². The first-order valence-electron chi connectivity index (χ1n) is 8.34. The lowest BCUT2D eigenvalue weighted by Gasteiger charge is -2.10. The molecule has 146 valence electrons. The molecule has 3 rings (SSSR count). The second-order valence-electron chi connectivity index (χ2n) is 6.19. The van der Waals surface area contributed by atoms with Crippen molar-refractivity contribution in [2.45, 2.75) is 18.4 Å². The Morgan fingerprint density at radius 2 is 1.96 bits per heavy atom. The Hall–Kier alpha value is -2.98. The van der Waals surface area contributed by atoms with Crippen LogP contribution in [0, 0.1) is 11.7 Å². The number of hydrogen-bond donors (Lipinski definition) is 3. The third kappa shape index (κ3) is 4.46. The topological polar surface area (TPSA) is 109 Å². The molecule has 0 bridgehead atoms. The highest BCUT2D eigenvalue weighted by Gasteiger charge is 2.17. The Bertz CT molecular complexity index is 1180. The molecule has 0 spiro atoms. The van der Waals surface area contributed by atoms with E-state index in [4.69, 9.17) is 12.2 Å². The van der Waals surface area contributed by atoms with E-state index in [1.54, 1.807) is 35.9 Å². The fraction of sp³-hybridized carbons (Fsp3) is 0.167. The molecule has 0 unspecified atom stereocenters. The second-order valence-corrected chi connectivity index (χ2v) is 8.26. The van der Waals surface area contributed by atoms with E-state index in [0.717, 1.165) is 5.56 Å². The SMILES string of the molecule is Cc1cccc(NS(=O)(=O)c2cccc(C(=O)NCc3n[nH]c(=S)n3C)c2)c1. The average Bonchev–Trinajstić information content (AvgIpc) is 2.98. The third-order valence-corrected chi connectivity index (χ3v) is 5.80. The van der Waals surface area contributed by atoms with Crippen molar-refractivity contribution in [3.05, 3.63) is 70.3 Å². The molecule has 3 aromatic rings. The van der Waals surface area contributed by atoms with Crippen LogP contribution in [0.2, 0.25) is 0 Å². The van der Waals surface area contributed by atoms with Gasteiger partial charge < -0.3 is 9.88 Å². The minimum Gasteiger partial charge on any atom is -0.345 e. The summed E-state index contributed by atoms with van der Waals surface area (Å²) in [6.45, 7) is 2.03. The number of aromatic nitrogens is 3. The lowest BCUT2D eigenvalue weighted by molar-refractivity contribution is 0.0949. The molecule has 1 amide bonds. The number of hydrogen-bond acceptors (Lipinski definition) is 5. The van der Waals surface area contributed by atoms with Gasteiger partial charge in [0.15, 0.2) is 10.6 Å². The van der Waals surface area contributed by atoms with Crippen LogP contribution < -0.4 is 10.0 Å². The van der Waals surface area contributed by atoms with Crippen molar-refractivity contribution < 1.29 is 13.2 Å². The minimum absolute atomic E-state index is 0.000162. The normalized spacial score (nSPS) is 11.2. The Morgan fingerprint density at radius 3 is 2.64 bits per heavy atom. The molecule has 0 saturated carbocycles. The van der Waals surface area contributed by atoms with Gasteiger partial charge in [0.1, 0.15) is 0 Å². The van der Waals surface area contributed by atoms with Gasteiger partial charge in [0.25, 0.3) is 15.9 Å². The third-order valence-electron chi connectivity index (χ3n) is 4.06. The summed E-state index contributed by atoms with van der Waals surface area (Å²) in [6.07, 6.45) is 0. The van der Waals surface area contributed by atoms with Gasteiger partial charge in [0.2, 0.25) is 0 Å². The molecule has 2 aromatic carbocycles. The van der Waals surface area contributed by atoms with Crippen molar-refractivity contribution in [2.75, 3.05) is 4.72 Å². The predicted molar refractivity (Wildman–Crippen MR) is 108 cm³/mol. The maximum atomic E-state index is 12.6. The van der Waals surface area contributed by atoms with Crippen LogP contribution in [0.3, 0.4) is 0 Å². The van der Waals surface area contributed by atoms with Crippen LogP contribution in [-0.4, -0.2) is 29.1 Å². The van der Waals surface area contributed by atoms with Crippen molar-refractivity contribution >= 4 is 33.8 Å². The first kappa shape index (κ1) is 19.8. The molecular formula is C18H19N5O3S2. The zero-order valence-electron chi connectivity index (χ0n) is 15.3. The zero-order chi connectivity index (χ0) is 20.3. The van der Waals surface area contributed by atoms with Crippen LogP contribution in [0.25, 0.3) is 0 Å². The van der Waals surface area contributed by atoms with E-state index < -0.39 is 15.9 Å². The molecule has 0 radical (unpaired) electrons. The molecule has 0 aliphatic carbocycles. The lowest BCUT2D eigenvalue weighted by Crippen LogP contribution is -2.25. The van der Waals surface area contributed by atoms with Crippen molar-refractivity contribution in [1.82, 2.24) is 20.1 Å². The number of carbonyl (C=O) groups is 1. The van der Waals surface area contributed by atoms with Crippen LogP contribution in [-0.2, 0) is 23.6 Å². The van der Waals surface area contributed by atoms with Gasteiger partial charge in [-0.3, -0.25) is 14.6 Å². The first-order chi connectivity index (χ1) is 13.3. The summed E-state index contributed by atoms with van der Waals surface area (Å²) in [5, 5.41) is 9.35. The van der Waals surface area contributed by atoms with E-state index in [1.165, 1.54) is 18.2 Å². The maximum Gasteiger partial charge on any atom is 0.261 e. The highest BCUT2D eigenvalue weighted by atomic mass is 32.2. The number of sulfonamides is 1. The van der Waals surface area contributed by atoms with Gasteiger partial charge in [-0.1, -0.05) is 18.2 Å². The van der Waals surface area contributed by atoms with Gasteiger partial charge in [0.05, 0.1) is 11.4 Å². The molecular weight excluding hydrogens is 398 g/mol. The van der Waals surface area contributed by atoms with Crippen LogP contribution in [0.15, 0.2) is 53.4 Å².